The number of rotatable bonds is 7. The van der Waals surface area contributed by atoms with Crippen LogP contribution in [0.4, 0.5) is 10.8 Å². The first kappa shape index (κ1) is 19.9. The normalized spacial score (nSPS) is 18.2. The topological polar surface area (TPSA) is 67.4 Å². The highest BCUT2D eigenvalue weighted by Gasteiger charge is 2.29. The van der Waals surface area contributed by atoms with Gasteiger partial charge in [-0.05, 0) is 44.7 Å². The lowest BCUT2D eigenvalue weighted by molar-refractivity contribution is -0.134. The minimum Gasteiger partial charge on any atom is -0.497 e. The molecule has 0 saturated carbocycles. The smallest absolute Gasteiger partial charge is 0.236 e. The van der Waals surface area contributed by atoms with Crippen molar-refractivity contribution in [2.45, 2.75) is 55.2 Å². The predicted molar refractivity (Wildman–Crippen MR) is 111 cm³/mol. The van der Waals surface area contributed by atoms with Gasteiger partial charge in [-0.2, -0.15) is 0 Å². The first-order valence-corrected chi connectivity index (χ1v) is 11.0. The molecule has 3 rings (SSSR count). The van der Waals surface area contributed by atoms with Gasteiger partial charge in [0.15, 0.2) is 4.34 Å². The summed E-state index contributed by atoms with van der Waals surface area (Å²) in [5.41, 5.74) is 0.894. The van der Waals surface area contributed by atoms with Crippen molar-refractivity contribution in [1.82, 2.24) is 15.1 Å². The summed E-state index contributed by atoms with van der Waals surface area (Å²) in [6.45, 7) is 5.00. The zero-order chi connectivity index (χ0) is 19.2. The number of likely N-dealkylation sites (tertiary alicyclic amines) is 1. The molecule has 1 aliphatic rings. The van der Waals surface area contributed by atoms with Crippen LogP contribution in [0.5, 0.6) is 5.75 Å². The Bertz CT molecular complexity index is 768. The van der Waals surface area contributed by atoms with Gasteiger partial charge in [0.25, 0.3) is 0 Å². The number of anilines is 2. The highest BCUT2D eigenvalue weighted by atomic mass is 32.2. The van der Waals surface area contributed by atoms with Crippen LogP contribution in [0.3, 0.4) is 0 Å². The maximum atomic E-state index is 12.9. The quantitative estimate of drug-likeness (QED) is 0.680. The van der Waals surface area contributed by atoms with E-state index < -0.39 is 0 Å². The Hall–Kier alpha value is -1.80. The van der Waals surface area contributed by atoms with E-state index in [1.165, 1.54) is 29.5 Å². The molecule has 1 aromatic carbocycles. The van der Waals surface area contributed by atoms with Gasteiger partial charge in [-0.25, -0.2) is 0 Å². The molecule has 1 aliphatic heterocycles. The summed E-state index contributed by atoms with van der Waals surface area (Å²) >= 11 is 2.94. The number of methoxy groups -OCH3 is 1. The molecule has 146 valence electrons. The highest BCUT2D eigenvalue weighted by molar-refractivity contribution is 8.02. The van der Waals surface area contributed by atoms with Gasteiger partial charge in [-0.3, -0.25) is 4.79 Å². The third-order valence-corrected chi connectivity index (χ3v) is 6.74. The van der Waals surface area contributed by atoms with Crippen molar-refractivity contribution in [3.63, 3.8) is 0 Å². The van der Waals surface area contributed by atoms with Crippen LogP contribution < -0.4 is 10.1 Å². The Morgan fingerprint density at radius 2 is 2.30 bits per heavy atom. The second kappa shape index (κ2) is 9.41. The number of ether oxygens (including phenoxy) is 1. The van der Waals surface area contributed by atoms with Crippen LogP contribution in [-0.2, 0) is 4.79 Å². The molecule has 6 nitrogen and oxygen atoms in total. The zero-order valence-electron chi connectivity index (χ0n) is 16.0. The minimum absolute atomic E-state index is 0.158. The molecule has 0 radical (unpaired) electrons. The van der Waals surface area contributed by atoms with E-state index >= 15 is 0 Å². The summed E-state index contributed by atoms with van der Waals surface area (Å²) in [4.78, 5) is 14.9. The Kier molecular flexibility index (Phi) is 6.95. The molecular weight excluding hydrogens is 380 g/mol. The predicted octanol–water partition coefficient (Wildman–Crippen LogP) is 4.56. The fourth-order valence-corrected chi connectivity index (χ4v) is 5.27. The molecule has 2 unspecified atom stereocenters. The van der Waals surface area contributed by atoms with Crippen LogP contribution in [-0.4, -0.2) is 46.0 Å². The molecule has 1 aromatic heterocycles. The Labute approximate surface area is 168 Å². The van der Waals surface area contributed by atoms with Crippen molar-refractivity contribution in [1.29, 1.82) is 0 Å². The third kappa shape index (κ3) is 5.13. The van der Waals surface area contributed by atoms with Gasteiger partial charge in [0.2, 0.25) is 11.0 Å². The van der Waals surface area contributed by atoms with Gasteiger partial charge in [-0.15, -0.1) is 10.2 Å². The third-order valence-electron chi connectivity index (χ3n) is 4.73. The molecular formula is C19H26N4O2S2. The number of thioether (sulfide) groups is 1. The van der Waals surface area contributed by atoms with Crippen LogP contribution in [0.2, 0.25) is 0 Å². The van der Waals surface area contributed by atoms with E-state index in [1.807, 2.05) is 31.2 Å². The van der Waals surface area contributed by atoms with E-state index in [2.05, 4.69) is 27.3 Å². The van der Waals surface area contributed by atoms with Crippen molar-refractivity contribution < 1.29 is 9.53 Å². The first-order chi connectivity index (χ1) is 13.1. The van der Waals surface area contributed by atoms with Gasteiger partial charge in [-0.1, -0.05) is 36.1 Å². The van der Waals surface area contributed by atoms with E-state index in [9.17, 15) is 4.79 Å². The molecule has 2 heterocycles. The SMILES string of the molecule is CCC1CCCCN1C(=O)C(C)Sc1nnc(Nc2cccc(OC)c2)s1. The lowest BCUT2D eigenvalue weighted by Crippen LogP contribution is -2.46. The van der Waals surface area contributed by atoms with Crippen molar-refractivity contribution in [2.24, 2.45) is 0 Å². The van der Waals surface area contributed by atoms with Gasteiger partial charge in [0, 0.05) is 24.3 Å². The standard InChI is InChI=1S/C19H26N4O2S2/c1-4-15-9-5-6-11-23(15)17(24)13(2)26-19-22-21-18(27-19)20-14-8-7-10-16(12-14)25-3/h7-8,10,12-13,15H,4-6,9,11H2,1-3H3,(H,20,21). The van der Waals surface area contributed by atoms with Crippen LogP contribution in [0, 0.1) is 0 Å². The molecule has 1 N–H and O–H groups in total. The second-order valence-electron chi connectivity index (χ2n) is 6.58. The van der Waals surface area contributed by atoms with Crippen molar-refractivity contribution in [3.05, 3.63) is 24.3 Å². The number of amides is 1. The largest absolute Gasteiger partial charge is 0.497 e. The monoisotopic (exact) mass is 406 g/mol. The summed E-state index contributed by atoms with van der Waals surface area (Å²) < 4.78 is 6.03. The molecule has 1 fully saturated rings. The number of nitrogens with zero attached hydrogens (tertiary/aromatic N) is 3. The molecule has 2 aromatic rings. The maximum Gasteiger partial charge on any atom is 0.236 e. The number of carbonyl (C=O) groups is 1. The molecule has 0 spiro atoms. The molecule has 0 aliphatic carbocycles. The summed E-state index contributed by atoms with van der Waals surface area (Å²) in [6.07, 6.45) is 4.47. The van der Waals surface area contributed by atoms with E-state index in [0.717, 1.165) is 41.6 Å². The van der Waals surface area contributed by atoms with Gasteiger partial charge >= 0.3 is 0 Å². The van der Waals surface area contributed by atoms with E-state index in [-0.39, 0.29) is 11.2 Å². The second-order valence-corrected chi connectivity index (χ2v) is 9.15. The van der Waals surface area contributed by atoms with Crippen molar-refractivity contribution in [2.75, 3.05) is 19.0 Å². The number of carbonyl (C=O) groups excluding carboxylic acids is 1. The van der Waals surface area contributed by atoms with Crippen molar-refractivity contribution >= 4 is 39.8 Å². The van der Waals surface area contributed by atoms with E-state index in [4.69, 9.17) is 4.74 Å². The average molecular weight is 407 g/mol. The number of hydrogen-bond donors (Lipinski definition) is 1. The fraction of sp³-hybridized carbons (Fsp3) is 0.526. The molecule has 0 bridgehead atoms. The van der Waals surface area contributed by atoms with Crippen molar-refractivity contribution in [3.8, 4) is 5.75 Å². The molecule has 2 atom stereocenters. The highest BCUT2D eigenvalue weighted by Crippen LogP contribution is 2.32. The Morgan fingerprint density at radius 1 is 1.44 bits per heavy atom. The average Bonchev–Trinajstić information content (AvgIpc) is 3.14. The number of aromatic nitrogens is 2. The number of benzene rings is 1. The number of hydrogen-bond acceptors (Lipinski definition) is 7. The Morgan fingerprint density at radius 3 is 3.07 bits per heavy atom. The van der Waals surface area contributed by atoms with E-state index in [1.54, 1.807) is 7.11 Å². The number of piperidine rings is 1. The van der Waals surface area contributed by atoms with Gasteiger partial charge < -0.3 is 15.0 Å². The van der Waals surface area contributed by atoms with Crippen LogP contribution in [0.25, 0.3) is 0 Å². The van der Waals surface area contributed by atoms with Crippen LogP contribution >= 0.6 is 23.1 Å². The lowest BCUT2D eigenvalue weighted by atomic mass is 10.00. The fourth-order valence-electron chi connectivity index (χ4n) is 3.28. The molecule has 8 heteroatoms. The summed E-state index contributed by atoms with van der Waals surface area (Å²) in [6, 6.07) is 8.05. The van der Waals surface area contributed by atoms with Gasteiger partial charge in [0.05, 0.1) is 12.4 Å². The number of nitrogens with one attached hydrogen (secondary N) is 1. The first-order valence-electron chi connectivity index (χ1n) is 9.32. The molecule has 1 saturated heterocycles. The molecule has 1 amide bonds. The van der Waals surface area contributed by atoms with Crippen LogP contribution in [0.1, 0.15) is 39.5 Å². The maximum absolute atomic E-state index is 12.9. The summed E-state index contributed by atoms with van der Waals surface area (Å²) in [7, 11) is 1.64. The zero-order valence-corrected chi connectivity index (χ0v) is 17.6. The summed E-state index contributed by atoms with van der Waals surface area (Å²) in [5, 5.41) is 12.2. The van der Waals surface area contributed by atoms with Gasteiger partial charge in [0.1, 0.15) is 5.75 Å². The van der Waals surface area contributed by atoms with E-state index in [0.29, 0.717) is 11.2 Å². The minimum atomic E-state index is -0.158. The lowest BCUT2D eigenvalue weighted by Gasteiger charge is -2.36. The Balaban J connectivity index is 1.60. The van der Waals surface area contributed by atoms with Crippen LogP contribution in [0.15, 0.2) is 28.6 Å². The summed E-state index contributed by atoms with van der Waals surface area (Å²) in [5.74, 6) is 0.995. The molecule has 27 heavy (non-hydrogen) atoms.